The lowest BCUT2D eigenvalue weighted by atomic mass is 10.1. The van der Waals surface area contributed by atoms with Crippen molar-refractivity contribution >= 4 is 29.1 Å². The number of benzene rings is 2. The van der Waals surface area contributed by atoms with Gasteiger partial charge in [0.1, 0.15) is 5.75 Å². The van der Waals surface area contributed by atoms with E-state index in [1.54, 1.807) is 31.2 Å². The monoisotopic (exact) mass is 374 g/mol. The number of carbonyl (C=O) groups excluding carboxylic acids is 2. The van der Waals surface area contributed by atoms with E-state index in [2.05, 4.69) is 10.6 Å². The molecule has 5 nitrogen and oxygen atoms in total. The molecule has 1 unspecified atom stereocenters. The Hall–Kier alpha value is -2.53. The van der Waals surface area contributed by atoms with E-state index in [0.29, 0.717) is 10.8 Å². The van der Waals surface area contributed by atoms with Crippen LogP contribution in [0, 0.1) is 20.8 Å². The van der Waals surface area contributed by atoms with E-state index in [1.165, 1.54) is 0 Å². The average molecular weight is 375 g/mol. The fraction of sp³-hybridized carbons (Fsp3) is 0.300. The number of anilines is 1. The Morgan fingerprint density at radius 2 is 1.65 bits per heavy atom. The normalized spacial score (nSPS) is 11.6. The molecule has 0 radical (unpaired) electrons. The molecule has 2 aromatic rings. The molecule has 2 rings (SSSR count). The summed E-state index contributed by atoms with van der Waals surface area (Å²) >= 11 is 5.81. The first-order valence-electron chi connectivity index (χ1n) is 8.34. The van der Waals surface area contributed by atoms with Crippen LogP contribution >= 0.6 is 11.6 Å². The molecule has 0 spiro atoms. The molecule has 2 aromatic carbocycles. The number of hydrogen-bond donors (Lipinski definition) is 2. The highest BCUT2D eigenvalue weighted by molar-refractivity contribution is 6.30. The van der Waals surface area contributed by atoms with Gasteiger partial charge in [0.25, 0.3) is 5.91 Å². The molecule has 1 atom stereocenters. The lowest BCUT2D eigenvalue weighted by Crippen LogP contribution is -2.40. The molecular weight excluding hydrogens is 352 g/mol. The van der Waals surface area contributed by atoms with E-state index in [1.807, 2.05) is 32.9 Å². The van der Waals surface area contributed by atoms with E-state index in [9.17, 15) is 9.59 Å². The lowest BCUT2D eigenvalue weighted by molar-refractivity contribution is -0.129. The summed E-state index contributed by atoms with van der Waals surface area (Å²) in [5.41, 5.74) is 3.89. The molecular formula is C20H23ClN2O3. The molecule has 0 aliphatic carbocycles. The maximum Gasteiger partial charge on any atom is 0.261 e. The number of ether oxygens (including phenoxy) is 1. The Morgan fingerprint density at radius 1 is 1.08 bits per heavy atom. The minimum Gasteiger partial charge on any atom is -0.481 e. The van der Waals surface area contributed by atoms with Crippen LogP contribution in [-0.4, -0.2) is 24.5 Å². The molecule has 6 heteroatoms. The van der Waals surface area contributed by atoms with Gasteiger partial charge in [-0.3, -0.25) is 9.59 Å². The van der Waals surface area contributed by atoms with Crippen LogP contribution in [0.15, 0.2) is 36.4 Å². The number of rotatable bonds is 6. The molecule has 0 aromatic heterocycles. The van der Waals surface area contributed by atoms with Gasteiger partial charge in [0.05, 0.1) is 6.54 Å². The molecule has 0 aliphatic heterocycles. The fourth-order valence-electron chi connectivity index (χ4n) is 2.64. The summed E-state index contributed by atoms with van der Waals surface area (Å²) in [7, 11) is 0. The maximum absolute atomic E-state index is 12.1. The quantitative estimate of drug-likeness (QED) is 0.808. The second kappa shape index (κ2) is 8.72. The standard InChI is InChI=1S/C20H23ClN2O3/c1-12-9-13(2)19(14(3)10-12)23-18(24)11-22-20(25)15(4)26-17-7-5-16(21)6-8-17/h5-10,15H,11H2,1-4H3,(H,22,25)(H,23,24). The first-order chi connectivity index (χ1) is 12.3. The Bertz CT molecular complexity index is 780. The topological polar surface area (TPSA) is 67.4 Å². The van der Waals surface area contributed by atoms with Gasteiger partial charge in [0.2, 0.25) is 5.91 Å². The van der Waals surface area contributed by atoms with Gasteiger partial charge in [-0.2, -0.15) is 0 Å². The maximum atomic E-state index is 12.1. The smallest absolute Gasteiger partial charge is 0.261 e. The lowest BCUT2D eigenvalue weighted by Gasteiger charge is -2.16. The van der Waals surface area contributed by atoms with Crippen LogP contribution in [0.25, 0.3) is 0 Å². The number of hydrogen-bond acceptors (Lipinski definition) is 3. The molecule has 2 N–H and O–H groups in total. The molecule has 138 valence electrons. The van der Waals surface area contributed by atoms with Gasteiger partial charge in [0, 0.05) is 10.7 Å². The predicted octanol–water partition coefficient (Wildman–Crippen LogP) is 3.79. The SMILES string of the molecule is Cc1cc(C)c(NC(=O)CNC(=O)C(C)Oc2ccc(Cl)cc2)c(C)c1. The first-order valence-corrected chi connectivity index (χ1v) is 8.71. The highest BCUT2D eigenvalue weighted by atomic mass is 35.5. The summed E-state index contributed by atoms with van der Waals surface area (Å²) < 4.78 is 5.53. The van der Waals surface area contributed by atoms with Gasteiger partial charge in [-0.25, -0.2) is 0 Å². The van der Waals surface area contributed by atoms with E-state index in [4.69, 9.17) is 16.3 Å². The summed E-state index contributed by atoms with van der Waals surface area (Å²) in [6.07, 6.45) is -0.730. The van der Waals surface area contributed by atoms with E-state index in [-0.39, 0.29) is 18.4 Å². The molecule has 0 aliphatic rings. The van der Waals surface area contributed by atoms with Crippen molar-refractivity contribution in [2.24, 2.45) is 0 Å². The van der Waals surface area contributed by atoms with Crippen LogP contribution in [0.5, 0.6) is 5.75 Å². The second-order valence-corrected chi connectivity index (χ2v) is 6.69. The van der Waals surface area contributed by atoms with Gasteiger partial charge >= 0.3 is 0 Å². The van der Waals surface area contributed by atoms with Gasteiger partial charge in [-0.05, 0) is 63.1 Å². The minimum atomic E-state index is -0.730. The van der Waals surface area contributed by atoms with Crippen molar-refractivity contribution in [3.8, 4) is 5.75 Å². The summed E-state index contributed by atoms with van der Waals surface area (Å²) in [4.78, 5) is 24.3. The fourth-order valence-corrected chi connectivity index (χ4v) is 2.77. The van der Waals surface area contributed by atoms with Crippen molar-refractivity contribution in [3.05, 3.63) is 58.1 Å². The van der Waals surface area contributed by atoms with Crippen LogP contribution in [-0.2, 0) is 9.59 Å². The Kier molecular flexibility index (Phi) is 6.64. The first kappa shape index (κ1) is 19.8. The third-order valence-electron chi connectivity index (χ3n) is 3.86. The number of aryl methyl sites for hydroxylation is 3. The number of nitrogens with one attached hydrogen (secondary N) is 2. The summed E-state index contributed by atoms with van der Waals surface area (Å²) in [6.45, 7) is 7.39. The van der Waals surface area contributed by atoms with Crippen molar-refractivity contribution in [2.75, 3.05) is 11.9 Å². The minimum absolute atomic E-state index is 0.125. The molecule has 2 amide bonds. The van der Waals surface area contributed by atoms with Crippen LogP contribution in [0.1, 0.15) is 23.6 Å². The summed E-state index contributed by atoms with van der Waals surface area (Å²) in [5.74, 6) is -0.119. The average Bonchev–Trinajstić information content (AvgIpc) is 2.57. The van der Waals surface area contributed by atoms with Crippen LogP contribution in [0.3, 0.4) is 0 Å². The molecule has 0 fully saturated rings. The van der Waals surface area contributed by atoms with Crippen molar-refractivity contribution in [2.45, 2.75) is 33.8 Å². The zero-order chi connectivity index (χ0) is 19.3. The third-order valence-corrected chi connectivity index (χ3v) is 4.11. The number of amides is 2. The summed E-state index contributed by atoms with van der Waals surface area (Å²) in [5, 5.41) is 6.02. The van der Waals surface area contributed by atoms with Crippen LogP contribution in [0.2, 0.25) is 5.02 Å². The van der Waals surface area contributed by atoms with E-state index in [0.717, 1.165) is 22.4 Å². The zero-order valence-electron chi connectivity index (χ0n) is 15.4. The van der Waals surface area contributed by atoms with Crippen LogP contribution < -0.4 is 15.4 Å². The highest BCUT2D eigenvalue weighted by Gasteiger charge is 2.16. The van der Waals surface area contributed by atoms with E-state index < -0.39 is 6.10 Å². The Morgan fingerprint density at radius 3 is 2.23 bits per heavy atom. The van der Waals surface area contributed by atoms with Gasteiger partial charge in [0.15, 0.2) is 6.10 Å². The van der Waals surface area contributed by atoms with E-state index >= 15 is 0 Å². The Labute approximate surface area is 158 Å². The number of carbonyl (C=O) groups is 2. The predicted molar refractivity (Wildman–Crippen MR) is 104 cm³/mol. The van der Waals surface area contributed by atoms with Crippen molar-refractivity contribution < 1.29 is 14.3 Å². The Balaban J connectivity index is 1.86. The van der Waals surface area contributed by atoms with Crippen molar-refractivity contribution in [3.63, 3.8) is 0 Å². The van der Waals surface area contributed by atoms with Crippen LogP contribution in [0.4, 0.5) is 5.69 Å². The van der Waals surface area contributed by atoms with Gasteiger partial charge in [-0.15, -0.1) is 0 Å². The molecule has 0 heterocycles. The highest BCUT2D eigenvalue weighted by Crippen LogP contribution is 2.21. The second-order valence-electron chi connectivity index (χ2n) is 6.25. The molecule has 0 saturated carbocycles. The largest absolute Gasteiger partial charge is 0.481 e. The van der Waals surface area contributed by atoms with Crippen molar-refractivity contribution in [1.82, 2.24) is 5.32 Å². The third kappa shape index (κ3) is 5.49. The van der Waals surface area contributed by atoms with Crippen molar-refractivity contribution in [1.29, 1.82) is 0 Å². The van der Waals surface area contributed by atoms with Gasteiger partial charge < -0.3 is 15.4 Å². The molecule has 0 bridgehead atoms. The molecule has 0 saturated heterocycles. The summed E-state index contributed by atoms with van der Waals surface area (Å²) in [6, 6.07) is 10.7. The van der Waals surface area contributed by atoms with Gasteiger partial charge in [-0.1, -0.05) is 29.3 Å². The zero-order valence-corrected chi connectivity index (χ0v) is 16.1. The molecule has 26 heavy (non-hydrogen) atoms. The number of halogens is 1.